The van der Waals surface area contributed by atoms with Gasteiger partial charge < -0.3 is 4.74 Å². The minimum absolute atomic E-state index is 0.226. The highest BCUT2D eigenvalue weighted by molar-refractivity contribution is 8.14. The topological polar surface area (TPSA) is 83.8 Å². The average molecular weight is 448 g/mol. The summed E-state index contributed by atoms with van der Waals surface area (Å²) in [5, 5.41) is 11.2. The van der Waals surface area contributed by atoms with Crippen LogP contribution in [0.15, 0.2) is 59.6 Å². The van der Waals surface area contributed by atoms with Crippen molar-refractivity contribution >= 4 is 33.6 Å². The van der Waals surface area contributed by atoms with Crippen LogP contribution in [0.1, 0.15) is 23.2 Å². The molecule has 2 aliphatic rings. The summed E-state index contributed by atoms with van der Waals surface area (Å²) in [5.41, 5.74) is 5.73. The van der Waals surface area contributed by atoms with Crippen molar-refractivity contribution in [1.29, 1.82) is 0 Å². The number of para-hydroxylation sites is 1. The van der Waals surface area contributed by atoms with E-state index in [0.29, 0.717) is 6.61 Å². The fourth-order valence-electron chi connectivity index (χ4n) is 4.61. The minimum atomic E-state index is -0.319. The fraction of sp³-hybridized carbons (Fsp3) is 0.320. The van der Waals surface area contributed by atoms with Gasteiger partial charge in [0.2, 0.25) is 5.91 Å². The first-order valence-electron chi connectivity index (χ1n) is 10.8. The van der Waals surface area contributed by atoms with Gasteiger partial charge in [0.05, 0.1) is 16.5 Å². The molecule has 2 atom stereocenters. The maximum atomic E-state index is 12.1. The van der Waals surface area contributed by atoms with Crippen molar-refractivity contribution in [2.75, 3.05) is 12.3 Å². The van der Waals surface area contributed by atoms with Crippen LogP contribution in [0.25, 0.3) is 10.9 Å². The molecule has 2 aromatic carbocycles. The van der Waals surface area contributed by atoms with Crippen LogP contribution in [0.2, 0.25) is 0 Å². The second-order valence-corrected chi connectivity index (χ2v) is 9.56. The summed E-state index contributed by atoms with van der Waals surface area (Å²) in [6.07, 6.45) is 1.45. The third-order valence-electron chi connectivity index (χ3n) is 6.28. The first kappa shape index (κ1) is 21.0. The van der Waals surface area contributed by atoms with E-state index in [1.807, 2.05) is 42.7 Å². The van der Waals surface area contributed by atoms with Gasteiger partial charge in [-0.25, -0.2) is 5.48 Å². The van der Waals surface area contributed by atoms with E-state index in [9.17, 15) is 4.79 Å². The molecule has 0 radical (unpaired) electrons. The largest absolute Gasteiger partial charge is 0.489 e. The van der Waals surface area contributed by atoms with Gasteiger partial charge in [-0.3, -0.25) is 20.0 Å². The van der Waals surface area contributed by atoms with Gasteiger partial charge in [-0.05, 0) is 49.6 Å². The van der Waals surface area contributed by atoms with Crippen molar-refractivity contribution in [1.82, 2.24) is 10.5 Å². The lowest BCUT2D eigenvalue weighted by Gasteiger charge is -2.17. The molecule has 0 unspecified atom stereocenters. The number of carbonyl (C=O) groups is 1. The zero-order valence-electron chi connectivity index (χ0n) is 17.9. The molecule has 0 saturated heterocycles. The quantitative estimate of drug-likeness (QED) is 0.416. The van der Waals surface area contributed by atoms with Gasteiger partial charge in [0.15, 0.2) is 0 Å². The second-order valence-electron chi connectivity index (χ2n) is 8.47. The summed E-state index contributed by atoms with van der Waals surface area (Å²) in [5.74, 6) is 1.21. The molecule has 2 heterocycles. The van der Waals surface area contributed by atoms with E-state index in [1.165, 1.54) is 0 Å². The molecule has 1 aliphatic heterocycles. The third-order valence-corrected chi connectivity index (χ3v) is 7.48. The van der Waals surface area contributed by atoms with Crippen LogP contribution in [0.4, 0.5) is 0 Å². The number of aliphatic imine (C=N–C) groups is 1. The van der Waals surface area contributed by atoms with Crippen LogP contribution in [0.3, 0.4) is 0 Å². The Labute approximate surface area is 191 Å². The number of nitrogens with zero attached hydrogens (tertiary/aromatic N) is 2. The first-order chi connectivity index (χ1) is 15.6. The highest BCUT2D eigenvalue weighted by Gasteiger charge is 2.61. The van der Waals surface area contributed by atoms with Gasteiger partial charge in [0, 0.05) is 34.4 Å². The molecule has 0 spiro atoms. The lowest BCUT2D eigenvalue weighted by molar-refractivity contribution is -0.131. The number of ether oxygens (including phenoxy) is 1. The molecule has 0 bridgehead atoms. The predicted octanol–water partition coefficient (Wildman–Crippen LogP) is 4.32. The van der Waals surface area contributed by atoms with Crippen molar-refractivity contribution in [3.63, 3.8) is 0 Å². The van der Waals surface area contributed by atoms with E-state index in [1.54, 1.807) is 11.8 Å². The normalized spacial score (nSPS) is 21.9. The fourth-order valence-corrected chi connectivity index (χ4v) is 5.76. The third kappa shape index (κ3) is 3.98. The highest BCUT2D eigenvalue weighted by atomic mass is 32.2. The zero-order chi connectivity index (χ0) is 22.1. The van der Waals surface area contributed by atoms with Crippen LogP contribution < -0.4 is 10.2 Å². The van der Waals surface area contributed by atoms with E-state index in [-0.39, 0.29) is 17.2 Å². The molecule has 6 nitrogen and oxygen atoms in total. The Morgan fingerprint density at radius 1 is 1.25 bits per heavy atom. The maximum Gasteiger partial charge on any atom is 0.247 e. The minimum Gasteiger partial charge on any atom is -0.489 e. The summed E-state index contributed by atoms with van der Waals surface area (Å²) in [4.78, 5) is 21.3. The molecule has 32 heavy (non-hydrogen) atoms. The summed E-state index contributed by atoms with van der Waals surface area (Å²) in [7, 11) is 0. The van der Waals surface area contributed by atoms with Crippen molar-refractivity contribution < 1.29 is 14.7 Å². The number of amides is 1. The van der Waals surface area contributed by atoms with E-state index < -0.39 is 0 Å². The number of hydrogen-bond acceptors (Lipinski definition) is 6. The summed E-state index contributed by atoms with van der Waals surface area (Å²) in [6, 6.07) is 18.2. The number of aromatic nitrogens is 1. The molecule has 164 valence electrons. The lowest BCUT2D eigenvalue weighted by atomic mass is 9.94. The Balaban J connectivity index is 1.29. The molecule has 1 fully saturated rings. The van der Waals surface area contributed by atoms with E-state index in [4.69, 9.17) is 9.94 Å². The van der Waals surface area contributed by atoms with Gasteiger partial charge in [0.1, 0.15) is 12.4 Å². The smallest absolute Gasteiger partial charge is 0.247 e. The van der Waals surface area contributed by atoms with Gasteiger partial charge in [0.25, 0.3) is 0 Å². The number of aryl methyl sites for hydroxylation is 1. The molecule has 1 saturated carbocycles. The van der Waals surface area contributed by atoms with E-state index in [0.717, 1.165) is 63.7 Å². The van der Waals surface area contributed by atoms with Crippen LogP contribution >= 0.6 is 11.8 Å². The zero-order valence-corrected chi connectivity index (χ0v) is 18.7. The Morgan fingerprint density at radius 3 is 2.81 bits per heavy atom. The Hall–Kier alpha value is -2.90. The predicted molar refractivity (Wildman–Crippen MR) is 126 cm³/mol. The number of pyridine rings is 1. The molecular weight excluding hydrogens is 422 g/mol. The summed E-state index contributed by atoms with van der Waals surface area (Å²) in [6.45, 7) is 3.26. The Bertz CT molecular complexity index is 1190. The Morgan fingerprint density at radius 2 is 2.06 bits per heavy atom. The van der Waals surface area contributed by atoms with Crippen molar-refractivity contribution in [2.45, 2.75) is 26.4 Å². The van der Waals surface area contributed by atoms with E-state index in [2.05, 4.69) is 34.2 Å². The highest BCUT2D eigenvalue weighted by Crippen LogP contribution is 2.58. The number of fused-ring (bicyclic) bond motifs is 1. The van der Waals surface area contributed by atoms with Crippen LogP contribution in [0.5, 0.6) is 5.75 Å². The lowest BCUT2D eigenvalue weighted by Crippen LogP contribution is -2.27. The van der Waals surface area contributed by atoms with Crippen molar-refractivity contribution in [3.8, 4) is 5.75 Å². The van der Waals surface area contributed by atoms with Crippen LogP contribution in [-0.2, 0) is 17.8 Å². The Kier molecular flexibility index (Phi) is 5.61. The summed E-state index contributed by atoms with van der Waals surface area (Å²) < 4.78 is 6.08. The molecule has 1 aromatic heterocycles. The number of rotatable bonds is 7. The molecule has 3 aromatic rings. The van der Waals surface area contributed by atoms with Gasteiger partial charge in [-0.15, -0.1) is 11.8 Å². The van der Waals surface area contributed by atoms with Crippen molar-refractivity contribution in [2.24, 2.45) is 16.3 Å². The van der Waals surface area contributed by atoms with Crippen LogP contribution in [0, 0.1) is 18.3 Å². The van der Waals surface area contributed by atoms with Crippen LogP contribution in [-0.4, -0.2) is 33.4 Å². The van der Waals surface area contributed by atoms with E-state index >= 15 is 0 Å². The van der Waals surface area contributed by atoms with Gasteiger partial charge in [-0.2, -0.15) is 0 Å². The SMILES string of the molecule is Cc1cc(COc2ccc(C[C@]3(C4=NCCS4)C[C@@H]3C(=O)NO)cc2)c2ccccc2n1. The average Bonchev–Trinajstić information content (AvgIpc) is 3.26. The molecular formula is C25H25N3O3S. The molecule has 2 N–H and O–H groups in total. The van der Waals surface area contributed by atoms with Gasteiger partial charge >= 0.3 is 0 Å². The van der Waals surface area contributed by atoms with Gasteiger partial charge in [-0.1, -0.05) is 30.3 Å². The summed E-state index contributed by atoms with van der Waals surface area (Å²) >= 11 is 1.73. The second kappa shape index (κ2) is 8.56. The van der Waals surface area contributed by atoms with Crippen molar-refractivity contribution in [3.05, 3.63) is 71.4 Å². The number of benzene rings is 2. The number of hydrogen-bond donors (Lipinski definition) is 2. The molecule has 5 rings (SSSR count). The number of carbonyl (C=O) groups excluding carboxylic acids is 1. The number of hydroxylamine groups is 1. The monoisotopic (exact) mass is 447 g/mol. The standard InChI is InChI=1S/C25H25N3O3S/c1-16-12-18(20-4-2-3-5-22(20)27-16)15-31-19-8-6-17(7-9-19)13-25(24-26-10-11-32-24)14-21(25)23(29)28-30/h2-9,12,21,30H,10-11,13-15H2,1H3,(H,28,29)/t21-,25+/m1/s1. The molecule has 7 heteroatoms. The maximum absolute atomic E-state index is 12.1. The first-order valence-corrected chi connectivity index (χ1v) is 11.8. The molecule has 1 amide bonds. The molecule has 1 aliphatic carbocycles. The number of nitrogens with one attached hydrogen (secondary N) is 1. The number of thioether (sulfide) groups is 1.